The Kier molecular flexibility index (Phi) is 5.52. The second kappa shape index (κ2) is 8.09. The molecule has 0 aliphatic carbocycles. The quantitative estimate of drug-likeness (QED) is 0.681. The number of fused-ring (bicyclic) bond motifs is 1. The van der Waals surface area contributed by atoms with Crippen LogP contribution in [-0.4, -0.2) is 51.6 Å². The maximum Gasteiger partial charge on any atom is 0.449 e. The number of benzene rings is 1. The Morgan fingerprint density at radius 3 is 2.72 bits per heavy atom. The Morgan fingerprint density at radius 2 is 1.97 bits per heavy atom. The van der Waals surface area contributed by atoms with E-state index in [2.05, 4.69) is 20.2 Å². The zero-order valence-electron chi connectivity index (χ0n) is 15.3. The van der Waals surface area contributed by atoms with Gasteiger partial charge in [0.1, 0.15) is 6.54 Å². The summed E-state index contributed by atoms with van der Waals surface area (Å²) in [6.07, 6.45) is -4.66. The Labute approximate surface area is 168 Å². The number of hydrogen-bond acceptors (Lipinski definition) is 6. The number of hydrogen-bond donors (Lipinski definition) is 1. The van der Waals surface area contributed by atoms with Crippen LogP contribution in [0.2, 0.25) is 0 Å². The average Bonchev–Trinajstić information content (AvgIpc) is 3.27. The molecule has 7 nitrogen and oxygen atoms in total. The summed E-state index contributed by atoms with van der Waals surface area (Å²) < 4.78 is 46.2. The van der Waals surface area contributed by atoms with Crippen LogP contribution in [0.25, 0.3) is 11.0 Å². The first kappa shape index (κ1) is 19.8. The van der Waals surface area contributed by atoms with Crippen LogP contribution in [-0.2, 0) is 28.8 Å². The fourth-order valence-electron chi connectivity index (χ4n) is 3.18. The molecular formula is C18H18F3N5O2S. The van der Waals surface area contributed by atoms with E-state index in [0.29, 0.717) is 24.9 Å². The van der Waals surface area contributed by atoms with E-state index < -0.39 is 24.5 Å². The van der Waals surface area contributed by atoms with Crippen molar-refractivity contribution in [1.82, 2.24) is 19.4 Å². The van der Waals surface area contributed by atoms with Gasteiger partial charge in [-0.15, -0.1) is 11.3 Å². The minimum atomic E-state index is -4.66. The summed E-state index contributed by atoms with van der Waals surface area (Å²) >= 11 is 1.24. The van der Waals surface area contributed by atoms with Crippen LogP contribution < -0.4 is 5.32 Å². The largest absolute Gasteiger partial charge is 0.449 e. The number of anilines is 1. The Hall–Kier alpha value is -2.50. The molecule has 1 saturated heterocycles. The molecule has 0 saturated carbocycles. The van der Waals surface area contributed by atoms with Gasteiger partial charge >= 0.3 is 6.18 Å². The van der Waals surface area contributed by atoms with Crippen LogP contribution in [0.15, 0.2) is 29.6 Å². The predicted molar refractivity (Wildman–Crippen MR) is 102 cm³/mol. The number of alkyl halides is 3. The standard InChI is InChI=1S/C18H18F3N5O2S/c19-18(20,21)16-23-13-3-1-2-4-14(13)26(16)10-15(27)24-17-22-12(11-29-17)9-25-5-7-28-8-6-25/h1-4,11H,5-10H2,(H,22,24,27). The first-order chi connectivity index (χ1) is 13.9. The zero-order chi connectivity index (χ0) is 20.4. The number of amides is 1. The van der Waals surface area contributed by atoms with Crippen molar-refractivity contribution in [3.8, 4) is 0 Å². The van der Waals surface area contributed by atoms with Gasteiger partial charge in [0.05, 0.1) is 29.9 Å². The molecule has 1 aromatic carbocycles. The van der Waals surface area contributed by atoms with Gasteiger partial charge in [-0.05, 0) is 12.1 Å². The number of thiazole rings is 1. The number of rotatable bonds is 5. The van der Waals surface area contributed by atoms with Gasteiger partial charge in [-0.2, -0.15) is 13.2 Å². The van der Waals surface area contributed by atoms with Crippen molar-refractivity contribution in [2.75, 3.05) is 31.6 Å². The maximum atomic E-state index is 13.4. The van der Waals surface area contributed by atoms with Gasteiger partial charge in [0.15, 0.2) is 5.13 Å². The Morgan fingerprint density at radius 1 is 1.21 bits per heavy atom. The fourth-order valence-corrected chi connectivity index (χ4v) is 3.90. The number of morpholine rings is 1. The number of carbonyl (C=O) groups is 1. The molecule has 0 bridgehead atoms. The molecule has 1 amide bonds. The summed E-state index contributed by atoms with van der Waals surface area (Å²) in [6, 6.07) is 6.20. The lowest BCUT2D eigenvalue weighted by Crippen LogP contribution is -2.35. The van der Waals surface area contributed by atoms with Crippen LogP contribution >= 0.6 is 11.3 Å². The number of aromatic nitrogens is 3. The van der Waals surface area contributed by atoms with E-state index in [1.165, 1.54) is 23.5 Å². The van der Waals surface area contributed by atoms with Gasteiger partial charge < -0.3 is 14.6 Å². The monoisotopic (exact) mass is 425 g/mol. The molecule has 29 heavy (non-hydrogen) atoms. The topological polar surface area (TPSA) is 72.3 Å². The number of ether oxygens (including phenoxy) is 1. The van der Waals surface area contributed by atoms with Crippen molar-refractivity contribution in [1.29, 1.82) is 0 Å². The number of nitrogens with one attached hydrogen (secondary N) is 1. The van der Waals surface area contributed by atoms with Gasteiger partial charge in [-0.1, -0.05) is 12.1 Å². The van der Waals surface area contributed by atoms with Crippen LogP contribution in [0.3, 0.4) is 0 Å². The van der Waals surface area contributed by atoms with E-state index >= 15 is 0 Å². The lowest BCUT2D eigenvalue weighted by atomic mass is 10.3. The van der Waals surface area contributed by atoms with Crippen LogP contribution in [0.1, 0.15) is 11.5 Å². The van der Waals surface area contributed by atoms with E-state index in [-0.39, 0.29) is 11.0 Å². The highest BCUT2D eigenvalue weighted by atomic mass is 32.1. The SMILES string of the molecule is O=C(Cn1c(C(F)(F)F)nc2ccccc21)Nc1nc(CN2CCOCC2)cs1. The summed E-state index contributed by atoms with van der Waals surface area (Å²) in [5, 5.41) is 4.78. The van der Waals surface area contributed by atoms with Gasteiger partial charge in [0, 0.05) is 25.0 Å². The Bertz CT molecular complexity index is 1010. The van der Waals surface area contributed by atoms with Gasteiger partial charge in [0.2, 0.25) is 11.7 Å². The fraction of sp³-hybridized carbons (Fsp3) is 0.389. The summed E-state index contributed by atoms with van der Waals surface area (Å²) in [5.74, 6) is -1.69. The number of halogens is 3. The number of carbonyl (C=O) groups excluding carboxylic acids is 1. The lowest BCUT2D eigenvalue weighted by Gasteiger charge is -2.25. The summed E-state index contributed by atoms with van der Waals surface area (Å²) in [5.41, 5.74) is 1.24. The molecule has 1 N–H and O–H groups in total. The third-order valence-corrected chi connectivity index (χ3v) is 5.30. The number of nitrogens with zero attached hydrogens (tertiary/aromatic N) is 4. The van der Waals surface area contributed by atoms with Crippen molar-refractivity contribution in [2.24, 2.45) is 0 Å². The predicted octanol–water partition coefficient (Wildman–Crippen LogP) is 2.98. The second-order valence-corrected chi connectivity index (χ2v) is 7.45. The molecule has 4 rings (SSSR count). The van der Waals surface area contributed by atoms with E-state index in [1.807, 2.05) is 5.38 Å². The zero-order valence-corrected chi connectivity index (χ0v) is 16.1. The molecule has 3 heterocycles. The first-order valence-corrected chi connectivity index (χ1v) is 9.85. The highest BCUT2D eigenvalue weighted by Gasteiger charge is 2.38. The number of imidazole rings is 1. The van der Waals surface area contributed by atoms with E-state index in [0.717, 1.165) is 23.4 Å². The summed E-state index contributed by atoms with van der Waals surface area (Å²) in [6.45, 7) is 3.11. The minimum absolute atomic E-state index is 0.190. The van der Waals surface area contributed by atoms with Crippen LogP contribution in [0.4, 0.5) is 18.3 Å². The molecule has 3 aromatic rings. The molecule has 0 radical (unpaired) electrons. The molecule has 1 fully saturated rings. The Balaban J connectivity index is 1.46. The average molecular weight is 425 g/mol. The van der Waals surface area contributed by atoms with Crippen molar-refractivity contribution in [3.05, 3.63) is 41.2 Å². The van der Waals surface area contributed by atoms with Crippen molar-refractivity contribution >= 4 is 33.4 Å². The molecule has 11 heteroatoms. The highest BCUT2D eigenvalue weighted by molar-refractivity contribution is 7.13. The lowest BCUT2D eigenvalue weighted by molar-refractivity contribution is -0.147. The van der Waals surface area contributed by atoms with Gasteiger partial charge in [-0.25, -0.2) is 9.97 Å². The third kappa shape index (κ3) is 4.57. The molecule has 0 unspecified atom stereocenters. The minimum Gasteiger partial charge on any atom is -0.379 e. The number of para-hydroxylation sites is 2. The normalized spacial score (nSPS) is 15.7. The van der Waals surface area contributed by atoms with Gasteiger partial charge in [0.25, 0.3) is 0 Å². The van der Waals surface area contributed by atoms with Crippen LogP contribution in [0, 0.1) is 0 Å². The van der Waals surface area contributed by atoms with Crippen molar-refractivity contribution in [2.45, 2.75) is 19.3 Å². The highest BCUT2D eigenvalue weighted by Crippen LogP contribution is 2.31. The van der Waals surface area contributed by atoms with Crippen LogP contribution in [0.5, 0.6) is 0 Å². The molecule has 0 spiro atoms. The smallest absolute Gasteiger partial charge is 0.379 e. The van der Waals surface area contributed by atoms with Crippen molar-refractivity contribution < 1.29 is 22.7 Å². The maximum absolute atomic E-state index is 13.4. The molecule has 0 atom stereocenters. The molecule has 1 aliphatic heterocycles. The summed E-state index contributed by atoms with van der Waals surface area (Å²) in [4.78, 5) is 22.6. The van der Waals surface area contributed by atoms with Gasteiger partial charge in [-0.3, -0.25) is 9.69 Å². The molecule has 2 aromatic heterocycles. The van der Waals surface area contributed by atoms with E-state index in [9.17, 15) is 18.0 Å². The second-order valence-electron chi connectivity index (χ2n) is 6.59. The van der Waals surface area contributed by atoms with E-state index in [1.54, 1.807) is 12.1 Å². The van der Waals surface area contributed by atoms with E-state index in [4.69, 9.17) is 4.74 Å². The molecular weight excluding hydrogens is 407 g/mol. The molecule has 154 valence electrons. The molecule has 1 aliphatic rings. The summed E-state index contributed by atoms with van der Waals surface area (Å²) in [7, 11) is 0. The first-order valence-electron chi connectivity index (χ1n) is 8.97. The third-order valence-electron chi connectivity index (χ3n) is 4.50. The van der Waals surface area contributed by atoms with Crippen molar-refractivity contribution in [3.63, 3.8) is 0 Å².